The predicted octanol–water partition coefficient (Wildman–Crippen LogP) is -0.368. The van der Waals surface area contributed by atoms with Crippen LogP contribution in [0.4, 0.5) is 0 Å². The summed E-state index contributed by atoms with van der Waals surface area (Å²) in [5.41, 5.74) is 0. The summed E-state index contributed by atoms with van der Waals surface area (Å²) in [4.78, 5) is 24.9. The maximum absolute atomic E-state index is 11.7. The van der Waals surface area contributed by atoms with Crippen LogP contribution in [0.25, 0.3) is 0 Å². The highest BCUT2D eigenvalue weighted by molar-refractivity contribution is 9.09. The fourth-order valence-corrected chi connectivity index (χ4v) is 3.79. The Morgan fingerprint density at radius 2 is 2.06 bits per heavy atom. The van der Waals surface area contributed by atoms with Crippen LogP contribution in [0.1, 0.15) is 13.3 Å². The van der Waals surface area contributed by atoms with Gasteiger partial charge in [-0.25, -0.2) is 4.31 Å². The Bertz CT molecular complexity index is 493. The third-order valence-electron chi connectivity index (χ3n) is 3.34. The molecular formula is C9H13BrN2O5S. The lowest BCUT2D eigenvalue weighted by atomic mass is 9.99. The highest BCUT2D eigenvalue weighted by Gasteiger charge is 2.55. The van der Waals surface area contributed by atoms with Crippen molar-refractivity contribution in [2.24, 2.45) is 5.92 Å². The maximum Gasteiger partial charge on any atom is 0.362 e. The average molecular weight is 341 g/mol. The van der Waals surface area contributed by atoms with Gasteiger partial charge in [-0.15, -0.1) is 0 Å². The summed E-state index contributed by atoms with van der Waals surface area (Å²) < 4.78 is 31.2. The molecular weight excluding hydrogens is 328 g/mol. The second-order valence-electron chi connectivity index (χ2n) is 4.57. The SMILES string of the molecule is C[C@H]1[C@H](N2CC(CBr)CC2=O)C(=O)N1S(=O)(=O)O. The number of β-lactam (4-membered cyclic amide) rings is 1. The number of alkyl halides is 1. The molecule has 7 nitrogen and oxygen atoms in total. The van der Waals surface area contributed by atoms with Crippen LogP contribution in [0.3, 0.4) is 0 Å². The number of hydrogen-bond acceptors (Lipinski definition) is 4. The molecule has 2 heterocycles. The Kier molecular flexibility index (Phi) is 3.41. The van der Waals surface area contributed by atoms with Gasteiger partial charge in [0.15, 0.2) is 0 Å². The van der Waals surface area contributed by atoms with Crippen molar-refractivity contribution in [2.45, 2.75) is 25.4 Å². The molecule has 0 aliphatic carbocycles. The molecule has 18 heavy (non-hydrogen) atoms. The minimum Gasteiger partial charge on any atom is -0.328 e. The highest BCUT2D eigenvalue weighted by Crippen LogP contribution is 2.32. The maximum atomic E-state index is 11.7. The van der Waals surface area contributed by atoms with E-state index in [0.717, 1.165) is 0 Å². The van der Waals surface area contributed by atoms with Crippen LogP contribution in [0.5, 0.6) is 0 Å². The number of amides is 2. The molecule has 9 heteroatoms. The third kappa shape index (κ3) is 2.04. The van der Waals surface area contributed by atoms with Crippen molar-refractivity contribution < 1.29 is 22.6 Å². The first-order chi connectivity index (χ1) is 8.27. The Hall–Kier alpha value is -0.670. The molecule has 0 saturated carbocycles. The molecule has 2 amide bonds. The van der Waals surface area contributed by atoms with Gasteiger partial charge < -0.3 is 4.90 Å². The van der Waals surface area contributed by atoms with Crippen LogP contribution >= 0.6 is 15.9 Å². The van der Waals surface area contributed by atoms with E-state index < -0.39 is 28.3 Å². The fraction of sp³-hybridized carbons (Fsp3) is 0.778. The first-order valence-electron chi connectivity index (χ1n) is 5.43. The molecule has 2 fully saturated rings. The van der Waals surface area contributed by atoms with Gasteiger partial charge in [-0.05, 0) is 12.8 Å². The molecule has 2 aliphatic heterocycles. The third-order valence-corrected chi connectivity index (χ3v) is 5.26. The normalized spacial score (nSPS) is 32.9. The zero-order valence-electron chi connectivity index (χ0n) is 9.61. The van der Waals surface area contributed by atoms with Gasteiger partial charge in [0.2, 0.25) is 5.91 Å². The lowest BCUT2D eigenvalue weighted by molar-refractivity contribution is -0.154. The first-order valence-corrected chi connectivity index (χ1v) is 7.95. The van der Waals surface area contributed by atoms with Gasteiger partial charge in [0.05, 0.1) is 6.04 Å². The van der Waals surface area contributed by atoms with Crippen molar-refractivity contribution in [3.8, 4) is 0 Å². The highest BCUT2D eigenvalue weighted by atomic mass is 79.9. The molecule has 0 aromatic heterocycles. The fourth-order valence-electron chi connectivity index (χ4n) is 2.48. The molecule has 0 spiro atoms. The number of carbonyl (C=O) groups excluding carboxylic acids is 2. The molecule has 2 saturated heterocycles. The summed E-state index contributed by atoms with van der Waals surface area (Å²) in [6.07, 6.45) is 0.355. The summed E-state index contributed by atoms with van der Waals surface area (Å²) in [5, 5.41) is 0.659. The summed E-state index contributed by atoms with van der Waals surface area (Å²) in [5.74, 6) is -0.759. The Labute approximate surface area is 113 Å². The number of rotatable bonds is 3. The Morgan fingerprint density at radius 1 is 1.44 bits per heavy atom. The number of halogens is 1. The smallest absolute Gasteiger partial charge is 0.328 e. The van der Waals surface area contributed by atoms with Crippen LogP contribution in [0.15, 0.2) is 0 Å². The zero-order valence-corrected chi connectivity index (χ0v) is 12.0. The molecule has 2 rings (SSSR count). The molecule has 1 unspecified atom stereocenters. The summed E-state index contributed by atoms with van der Waals surface area (Å²) >= 11 is 3.28. The van der Waals surface area contributed by atoms with E-state index in [2.05, 4.69) is 15.9 Å². The van der Waals surface area contributed by atoms with E-state index >= 15 is 0 Å². The second-order valence-corrected chi connectivity index (χ2v) is 6.50. The van der Waals surface area contributed by atoms with Crippen LogP contribution in [-0.4, -0.2) is 57.9 Å². The topological polar surface area (TPSA) is 95.0 Å². The van der Waals surface area contributed by atoms with Crippen molar-refractivity contribution in [1.29, 1.82) is 0 Å². The molecule has 3 atom stereocenters. The van der Waals surface area contributed by atoms with Gasteiger partial charge in [-0.2, -0.15) is 8.42 Å². The molecule has 102 valence electrons. The van der Waals surface area contributed by atoms with Gasteiger partial charge in [0.25, 0.3) is 5.91 Å². The number of carbonyl (C=O) groups is 2. The van der Waals surface area contributed by atoms with Crippen LogP contribution in [-0.2, 0) is 19.9 Å². The van der Waals surface area contributed by atoms with Crippen LogP contribution < -0.4 is 0 Å². The van der Waals surface area contributed by atoms with Gasteiger partial charge >= 0.3 is 10.3 Å². The van der Waals surface area contributed by atoms with Crippen LogP contribution in [0.2, 0.25) is 0 Å². The molecule has 0 radical (unpaired) electrons. The minimum atomic E-state index is -4.53. The Morgan fingerprint density at radius 3 is 2.44 bits per heavy atom. The largest absolute Gasteiger partial charge is 0.362 e. The van der Waals surface area contributed by atoms with Crippen LogP contribution in [0, 0.1) is 5.92 Å². The van der Waals surface area contributed by atoms with Crippen molar-refractivity contribution in [2.75, 3.05) is 11.9 Å². The zero-order chi connectivity index (χ0) is 13.7. The standard InChI is InChI=1S/C9H13BrN2O5S/c1-5-8(9(14)12(5)18(15,16)17)11-4-6(3-10)2-7(11)13/h5-6,8H,2-4H2,1H3,(H,15,16,17)/t5-,6?,8-/m0/s1. The lowest BCUT2D eigenvalue weighted by Crippen LogP contribution is -2.70. The van der Waals surface area contributed by atoms with E-state index in [4.69, 9.17) is 4.55 Å². The molecule has 1 N–H and O–H groups in total. The lowest BCUT2D eigenvalue weighted by Gasteiger charge is -2.46. The van der Waals surface area contributed by atoms with Crippen molar-refractivity contribution in [1.82, 2.24) is 9.21 Å². The van der Waals surface area contributed by atoms with E-state index in [-0.39, 0.29) is 11.8 Å². The van der Waals surface area contributed by atoms with Gasteiger partial charge in [-0.1, -0.05) is 15.9 Å². The monoisotopic (exact) mass is 340 g/mol. The predicted molar refractivity (Wildman–Crippen MR) is 65.3 cm³/mol. The molecule has 2 aliphatic rings. The van der Waals surface area contributed by atoms with Gasteiger partial charge in [-0.3, -0.25) is 14.1 Å². The quantitative estimate of drug-likeness (QED) is 0.429. The molecule has 0 aromatic rings. The summed E-state index contributed by atoms with van der Waals surface area (Å²) in [6, 6.07) is -1.49. The average Bonchev–Trinajstić information content (AvgIpc) is 2.58. The number of hydrogen-bond donors (Lipinski definition) is 1. The summed E-state index contributed by atoms with van der Waals surface area (Å²) in [7, 11) is -4.53. The van der Waals surface area contributed by atoms with Crippen molar-refractivity contribution in [3.63, 3.8) is 0 Å². The molecule has 0 aromatic carbocycles. The second kappa shape index (κ2) is 4.46. The van der Waals surface area contributed by atoms with E-state index in [1.165, 1.54) is 11.8 Å². The first kappa shape index (κ1) is 13.8. The minimum absolute atomic E-state index is 0.136. The van der Waals surface area contributed by atoms with E-state index in [0.29, 0.717) is 22.6 Å². The van der Waals surface area contributed by atoms with Gasteiger partial charge in [0.1, 0.15) is 6.04 Å². The van der Waals surface area contributed by atoms with Gasteiger partial charge in [0, 0.05) is 18.3 Å². The van der Waals surface area contributed by atoms with E-state index in [1.54, 1.807) is 0 Å². The Balaban J connectivity index is 2.14. The summed E-state index contributed by atoms with van der Waals surface area (Å²) in [6.45, 7) is 1.93. The van der Waals surface area contributed by atoms with E-state index in [1.807, 2.05) is 0 Å². The molecule has 0 bridgehead atoms. The number of likely N-dealkylation sites (tertiary alicyclic amines) is 1. The van der Waals surface area contributed by atoms with Crippen molar-refractivity contribution >= 4 is 38.0 Å². The van der Waals surface area contributed by atoms with Crippen molar-refractivity contribution in [3.05, 3.63) is 0 Å². The van der Waals surface area contributed by atoms with E-state index in [9.17, 15) is 18.0 Å². The number of nitrogens with zero attached hydrogens (tertiary/aromatic N) is 2.